The monoisotopic (exact) mass is 268 g/mol. The summed E-state index contributed by atoms with van der Waals surface area (Å²) in [6.45, 7) is 1.38. The van der Waals surface area contributed by atoms with Crippen LogP contribution in [-0.4, -0.2) is 29.5 Å². The minimum atomic E-state index is 0.246. The highest BCUT2D eigenvalue weighted by atomic mass is 16.6. The van der Waals surface area contributed by atoms with Crippen molar-refractivity contribution in [3.63, 3.8) is 0 Å². The van der Waals surface area contributed by atoms with E-state index in [2.05, 4.69) is 10.1 Å². The Balaban J connectivity index is 1.68. The summed E-state index contributed by atoms with van der Waals surface area (Å²) in [5, 5.41) is 4.99. The molecule has 5 heteroatoms. The quantitative estimate of drug-likeness (QED) is 0.681. The first-order valence-corrected chi connectivity index (χ1v) is 6.45. The number of pyridine rings is 1. The molecule has 0 aliphatic carbocycles. The Bertz CT molecular complexity index is 749. The molecule has 1 aliphatic heterocycles. The van der Waals surface area contributed by atoms with Gasteiger partial charge in [-0.3, -0.25) is 0 Å². The first kappa shape index (κ1) is 11.4. The van der Waals surface area contributed by atoms with Gasteiger partial charge in [-0.25, -0.2) is 4.98 Å². The molecule has 3 aromatic rings. The highest BCUT2D eigenvalue weighted by molar-refractivity contribution is 5.89. The van der Waals surface area contributed by atoms with Gasteiger partial charge in [-0.05, 0) is 24.3 Å². The third kappa shape index (κ3) is 2.12. The number of nitrogens with zero attached hydrogens (tertiary/aromatic N) is 2. The van der Waals surface area contributed by atoms with E-state index in [-0.39, 0.29) is 6.10 Å². The molecule has 5 nitrogen and oxygen atoms in total. The zero-order chi connectivity index (χ0) is 13.4. The molecule has 0 bridgehead atoms. The summed E-state index contributed by atoms with van der Waals surface area (Å²) in [7, 11) is 0. The highest BCUT2D eigenvalue weighted by Gasteiger charge is 2.23. The van der Waals surface area contributed by atoms with E-state index in [4.69, 9.17) is 14.0 Å². The van der Waals surface area contributed by atoms with E-state index in [0.29, 0.717) is 12.3 Å². The molecule has 100 valence electrons. The van der Waals surface area contributed by atoms with Gasteiger partial charge in [-0.2, -0.15) is 0 Å². The molecule has 0 radical (unpaired) electrons. The third-order valence-corrected chi connectivity index (χ3v) is 3.20. The van der Waals surface area contributed by atoms with Crippen LogP contribution in [-0.2, 0) is 4.74 Å². The van der Waals surface area contributed by atoms with Gasteiger partial charge in [0.05, 0.1) is 12.0 Å². The van der Waals surface area contributed by atoms with Crippen molar-refractivity contribution in [3.8, 4) is 17.0 Å². The van der Waals surface area contributed by atoms with Gasteiger partial charge < -0.3 is 14.0 Å². The number of epoxide rings is 1. The Hall–Kier alpha value is -2.40. The van der Waals surface area contributed by atoms with Crippen LogP contribution in [0.25, 0.3) is 22.4 Å². The third-order valence-electron chi connectivity index (χ3n) is 3.20. The molecule has 1 aromatic carbocycles. The van der Waals surface area contributed by atoms with Crippen LogP contribution >= 0.6 is 0 Å². The predicted molar refractivity (Wildman–Crippen MR) is 72.5 cm³/mol. The maximum absolute atomic E-state index is 5.68. The largest absolute Gasteiger partial charge is 0.491 e. The van der Waals surface area contributed by atoms with Crippen LogP contribution in [0.3, 0.4) is 0 Å². The molecule has 1 fully saturated rings. The molecule has 20 heavy (non-hydrogen) atoms. The van der Waals surface area contributed by atoms with Gasteiger partial charge in [0.1, 0.15) is 24.2 Å². The summed E-state index contributed by atoms with van der Waals surface area (Å²) in [6, 6.07) is 11.6. The van der Waals surface area contributed by atoms with Gasteiger partial charge in [0.2, 0.25) is 0 Å². The number of ether oxygens (including phenoxy) is 2. The summed E-state index contributed by atoms with van der Waals surface area (Å²) >= 11 is 0. The average molecular weight is 268 g/mol. The van der Waals surface area contributed by atoms with Crippen molar-refractivity contribution in [2.75, 3.05) is 13.2 Å². The Morgan fingerprint density at radius 3 is 3.10 bits per heavy atom. The van der Waals surface area contributed by atoms with Gasteiger partial charge >= 0.3 is 0 Å². The molecule has 1 unspecified atom stereocenters. The van der Waals surface area contributed by atoms with E-state index in [0.717, 1.165) is 29.0 Å². The average Bonchev–Trinajstić information content (AvgIpc) is 3.23. The van der Waals surface area contributed by atoms with E-state index < -0.39 is 0 Å². The Morgan fingerprint density at radius 2 is 2.20 bits per heavy atom. The van der Waals surface area contributed by atoms with Crippen LogP contribution in [0.4, 0.5) is 0 Å². The number of hydrogen-bond donors (Lipinski definition) is 0. The lowest BCUT2D eigenvalue weighted by Gasteiger charge is -2.05. The topological polar surface area (TPSA) is 60.7 Å². The summed E-state index contributed by atoms with van der Waals surface area (Å²) in [4.78, 5) is 4.14. The van der Waals surface area contributed by atoms with Crippen LogP contribution < -0.4 is 4.74 Å². The Labute approximate surface area is 115 Å². The van der Waals surface area contributed by atoms with Crippen molar-refractivity contribution >= 4 is 11.1 Å². The lowest BCUT2D eigenvalue weighted by Crippen LogP contribution is -2.03. The van der Waals surface area contributed by atoms with Gasteiger partial charge in [-0.15, -0.1) is 0 Å². The predicted octanol–water partition coefficient (Wildman–Crippen LogP) is 2.67. The van der Waals surface area contributed by atoms with Crippen LogP contribution in [0.1, 0.15) is 0 Å². The van der Waals surface area contributed by atoms with E-state index in [9.17, 15) is 0 Å². The van der Waals surface area contributed by atoms with Crippen molar-refractivity contribution < 1.29 is 14.0 Å². The molecule has 1 aliphatic rings. The van der Waals surface area contributed by atoms with Crippen molar-refractivity contribution in [1.82, 2.24) is 10.1 Å². The number of rotatable bonds is 4. The molecular formula is C15H12N2O3. The fourth-order valence-electron chi connectivity index (χ4n) is 2.08. The number of fused-ring (bicyclic) bond motifs is 1. The SMILES string of the molecule is c1cc(OCC2CO2)cc(-c2noc3ncccc23)c1. The lowest BCUT2D eigenvalue weighted by molar-refractivity contribution is 0.263. The minimum absolute atomic E-state index is 0.246. The Morgan fingerprint density at radius 1 is 1.25 bits per heavy atom. The molecule has 3 heterocycles. The van der Waals surface area contributed by atoms with Gasteiger partial charge in [0.25, 0.3) is 5.71 Å². The highest BCUT2D eigenvalue weighted by Crippen LogP contribution is 2.29. The maximum atomic E-state index is 5.68. The molecule has 1 atom stereocenters. The summed E-state index contributed by atoms with van der Waals surface area (Å²) in [5.74, 6) is 0.804. The fourth-order valence-corrected chi connectivity index (χ4v) is 2.08. The van der Waals surface area contributed by atoms with Crippen LogP contribution in [0.15, 0.2) is 47.1 Å². The number of aromatic nitrogens is 2. The van der Waals surface area contributed by atoms with Crippen molar-refractivity contribution in [3.05, 3.63) is 42.6 Å². The minimum Gasteiger partial charge on any atom is -0.491 e. The lowest BCUT2D eigenvalue weighted by atomic mass is 10.1. The van der Waals surface area contributed by atoms with Gasteiger partial charge in [-0.1, -0.05) is 17.3 Å². The smallest absolute Gasteiger partial charge is 0.258 e. The van der Waals surface area contributed by atoms with Gasteiger partial charge in [0, 0.05) is 11.8 Å². The van der Waals surface area contributed by atoms with Crippen LogP contribution in [0.2, 0.25) is 0 Å². The van der Waals surface area contributed by atoms with Crippen LogP contribution in [0, 0.1) is 0 Å². The van der Waals surface area contributed by atoms with Crippen molar-refractivity contribution in [2.45, 2.75) is 6.10 Å². The van der Waals surface area contributed by atoms with Gasteiger partial charge in [0.15, 0.2) is 0 Å². The van der Waals surface area contributed by atoms with E-state index in [1.807, 2.05) is 36.4 Å². The summed E-state index contributed by atoms with van der Waals surface area (Å²) in [5.41, 5.74) is 2.27. The number of benzene rings is 1. The fraction of sp³-hybridized carbons (Fsp3) is 0.200. The normalized spacial score (nSPS) is 17.3. The molecule has 0 amide bonds. The maximum Gasteiger partial charge on any atom is 0.258 e. The molecule has 4 rings (SSSR count). The number of hydrogen-bond acceptors (Lipinski definition) is 5. The second-order valence-electron chi connectivity index (χ2n) is 4.68. The summed E-state index contributed by atoms with van der Waals surface area (Å²) < 4.78 is 16.0. The van der Waals surface area contributed by atoms with E-state index in [1.54, 1.807) is 6.20 Å². The van der Waals surface area contributed by atoms with Crippen molar-refractivity contribution in [1.29, 1.82) is 0 Å². The second kappa shape index (κ2) is 4.61. The zero-order valence-corrected chi connectivity index (χ0v) is 10.7. The first-order chi connectivity index (χ1) is 9.90. The zero-order valence-electron chi connectivity index (χ0n) is 10.7. The molecule has 0 N–H and O–H groups in total. The molecule has 2 aromatic heterocycles. The molecule has 0 spiro atoms. The molecule has 0 saturated carbocycles. The van der Waals surface area contributed by atoms with E-state index in [1.165, 1.54) is 0 Å². The standard InChI is InChI=1S/C15H12N2O3/c1-3-10(7-11(4-1)18-8-12-9-19-12)14-13-5-2-6-16-15(13)20-17-14/h1-7,12H,8-9H2. The summed E-state index contributed by atoms with van der Waals surface area (Å²) in [6.07, 6.45) is 1.93. The molecular weight excluding hydrogens is 256 g/mol. The van der Waals surface area contributed by atoms with E-state index >= 15 is 0 Å². The Kier molecular flexibility index (Phi) is 2.63. The van der Waals surface area contributed by atoms with Crippen LogP contribution in [0.5, 0.6) is 5.75 Å². The van der Waals surface area contributed by atoms with Crippen molar-refractivity contribution in [2.24, 2.45) is 0 Å². The second-order valence-corrected chi connectivity index (χ2v) is 4.68. The first-order valence-electron chi connectivity index (χ1n) is 6.45. The molecule has 1 saturated heterocycles.